The van der Waals surface area contributed by atoms with Gasteiger partial charge in [0.2, 0.25) is 5.95 Å². The maximum Gasteiger partial charge on any atom is 0.224 e. The first kappa shape index (κ1) is 12.5. The van der Waals surface area contributed by atoms with E-state index in [1.807, 2.05) is 12.1 Å². The maximum atomic E-state index is 5.73. The van der Waals surface area contributed by atoms with E-state index in [-0.39, 0.29) is 5.95 Å². The van der Waals surface area contributed by atoms with E-state index >= 15 is 0 Å². The zero-order valence-electron chi connectivity index (χ0n) is 11.2. The molecule has 3 rings (SSSR count). The molecule has 0 unspecified atom stereocenters. The van der Waals surface area contributed by atoms with E-state index in [0.29, 0.717) is 5.82 Å². The Balaban J connectivity index is 2.07. The molecule has 1 aromatic heterocycles. The molecule has 0 bridgehead atoms. The van der Waals surface area contributed by atoms with Gasteiger partial charge >= 0.3 is 0 Å². The van der Waals surface area contributed by atoms with Gasteiger partial charge in [0.05, 0.1) is 11.4 Å². The van der Waals surface area contributed by atoms with Crippen molar-refractivity contribution in [3.05, 3.63) is 30.3 Å². The molecule has 5 N–H and O–H groups in total. The zero-order chi connectivity index (χ0) is 14.1. The normalized spacial score (nSPS) is 14.1. The number of nitrogens with two attached hydrogens (primary N) is 2. The van der Waals surface area contributed by atoms with E-state index in [0.717, 1.165) is 30.3 Å². The Morgan fingerprint density at radius 2 is 1.90 bits per heavy atom. The number of benzene rings is 1. The minimum absolute atomic E-state index is 0.201. The monoisotopic (exact) mass is 271 g/mol. The molecule has 0 amide bonds. The molecule has 0 atom stereocenters. The number of nitrogen functional groups attached to an aromatic ring is 2. The second-order valence-corrected chi connectivity index (χ2v) is 4.68. The first-order valence-electron chi connectivity index (χ1n) is 6.38. The van der Waals surface area contributed by atoms with Gasteiger partial charge in [-0.2, -0.15) is 9.97 Å². The molecule has 20 heavy (non-hydrogen) atoms. The van der Waals surface area contributed by atoms with Crippen LogP contribution in [0.3, 0.4) is 0 Å². The molecule has 0 fully saturated rings. The molecule has 7 nitrogen and oxygen atoms in total. The summed E-state index contributed by atoms with van der Waals surface area (Å²) in [5.41, 5.74) is 10.5. The summed E-state index contributed by atoms with van der Waals surface area (Å²) in [6, 6.07) is 9.99. The minimum Gasteiger partial charge on any atom is -0.371 e. The van der Waals surface area contributed by atoms with Crippen LogP contribution in [0.2, 0.25) is 0 Å². The van der Waals surface area contributed by atoms with Crippen LogP contribution in [-0.4, -0.2) is 30.1 Å². The second-order valence-electron chi connectivity index (χ2n) is 4.68. The van der Waals surface area contributed by atoms with Gasteiger partial charge in [-0.3, -0.25) is 0 Å². The summed E-state index contributed by atoms with van der Waals surface area (Å²) in [5, 5.41) is 0. The van der Waals surface area contributed by atoms with Crippen LogP contribution in [0.5, 0.6) is 0 Å². The summed E-state index contributed by atoms with van der Waals surface area (Å²) in [6.07, 6.45) is 0. The molecule has 0 saturated carbocycles. The first-order valence-corrected chi connectivity index (χ1v) is 6.38. The summed E-state index contributed by atoms with van der Waals surface area (Å²) < 4.78 is 0. The fraction of sp³-hybridized carbons (Fsp3) is 0.231. The number of hydrazine groups is 1. The highest BCUT2D eigenvalue weighted by atomic mass is 15.3. The average Bonchev–Trinajstić information content (AvgIpc) is 2.47. The summed E-state index contributed by atoms with van der Waals surface area (Å²) in [6.45, 7) is 1.74. The molecular weight excluding hydrogens is 254 g/mol. The quantitative estimate of drug-likeness (QED) is 0.552. The van der Waals surface area contributed by atoms with Crippen LogP contribution in [0.4, 0.5) is 29.0 Å². The number of hydrogen-bond donors (Lipinski definition) is 3. The van der Waals surface area contributed by atoms with Gasteiger partial charge in [-0.25, -0.2) is 5.84 Å². The Labute approximate surface area is 117 Å². The topological polar surface area (TPSA) is 96.3 Å². The summed E-state index contributed by atoms with van der Waals surface area (Å²) in [5.74, 6) is 6.86. The predicted octanol–water partition coefficient (Wildman–Crippen LogP) is 0.932. The van der Waals surface area contributed by atoms with Gasteiger partial charge in [0.1, 0.15) is 11.6 Å². The number of hydrogen-bond acceptors (Lipinski definition) is 7. The fourth-order valence-electron chi connectivity index (χ4n) is 2.41. The third-order valence-corrected chi connectivity index (χ3v) is 3.40. The van der Waals surface area contributed by atoms with Crippen molar-refractivity contribution in [3.63, 3.8) is 0 Å². The van der Waals surface area contributed by atoms with Crippen molar-refractivity contribution in [3.8, 4) is 0 Å². The van der Waals surface area contributed by atoms with Gasteiger partial charge in [-0.05, 0) is 12.1 Å². The number of nitrogens with one attached hydrogen (secondary N) is 1. The average molecular weight is 271 g/mol. The van der Waals surface area contributed by atoms with Gasteiger partial charge in [0, 0.05) is 26.2 Å². The molecule has 1 aliphatic rings. The lowest BCUT2D eigenvalue weighted by molar-refractivity contribution is 0.812. The highest BCUT2D eigenvalue weighted by Crippen LogP contribution is 2.36. The Kier molecular flexibility index (Phi) is 3.03. The van der Waals surface area contributed by atoms with Gasteiger partial charge in [0.15, 0.2) is 0 Å². The second kappa shape index (κ2) is 4.86. The molecular formula is C13H17N7. The van der Waals surface area contributed by atoms with Crippen molar-refractivity contribution < 1.29 is 0 Å². The Morgan fingerprint density at radius 1 is 1.15 bits per heavy atom. The molecule has 0 saturated heterocycles. The number of para-hydroxylation sites is 2. The number of aromatic nitrogens is 2. The standard InChI is InChI=1S/C13H17N7/c1-19-6-7-20(10-5-3-2-4-9(10)19)12-8-11(18-15)16-13(14)17-12/h2-5,8H,6-7,15H2,1H3,(H3,14,16,17,18). The lowest BCUT2D eigenvalue weighted by Crippen LogP contribution is -2.37. The number of rotatable bonds is 2. The smallest absolute Gasteiger partial charge is 0.224 e. The van der Waals surface area contributed by atoms with Crippen LogP contribution < -0.4 is 26.8 Å². The number of likely N-dealkylation sites (N-methyl/N-ethyl adjacent to an activating group) is 1. The van der Waals surface area contributed by atoms with Crippen molar-refractivity contribution >= 4 is 29.0 Å². The van der Waals surface area contributed by atoms with Crippen molar-refractivity contribution in [1.82, 2.24) is 9.97 Å². The Hall–Kier alpha value is -2.54. The highest BCUT2D eigenvalue weighted by molar-refractivity contribution is 5.78. The number of fused-ring (bicyclic) bond motifs is 1. The van der Waals surface area contributed by atoms with Crippen molar-refractivity contribution in [1.29, 1.82) is 0 Å². The molecule has 0 spiro atoms. The van der Waals surface area contributed by atoms with Crippen LogP contribution in [-0.2, 0) is 0 Å². The SMILES string of the molecule is CN1CCN(c2cc(NN)nc(N)n2)c2ccccc21. The van der Waals surface area contributed by atoms with Crippen LogP contribution in [0.25, 0.3) is 0 Å². The lowest BCUT2D eigenvalue weighted by Gasteiger charge is -2.36. The van der Waals surface area contributed by atoms with E-state index in [9.17, 15) is 0 Å². The summed E-state index contributed by atoms with van der Waals surface area (Å²) >= 11 is 0. The highest BCUT2D eigenvalue weighted by Gasteiger charge is 2.22. The van der Waals surface area contributed by atoms with E-state index in [4.69, 9.17) is 11.6 Å². The fourth-order valence-corrected chi connectivity index (χ4v) is 2.41. The van der Waals surface area contributed by atoms with Crippen LogP contribution in [0.15, 0.2) is 30.3 Å². The third kappa shape index (κ3) is 2.08. The minimum atomic E-state index is 0.201. The summed E-state index contributed by atoms with van der Waals surface area (Å²) in [4.78, 5) is 12.7. The summed E-state index contributed by atoms with van der Waals surface area (Å²) in [7, 11) is 2.08. The molecule has 0 aliphatic carbocycles. The van der Waals surface area contributed by atoms with E-state index < -0.39 is 0 Å². The zero-order valence-corrected chi connectivity index (χ0v) is 11.2. The van der Waals surface area contributed by atoms with E-state index in [1.165, 1.54) is 0 Å². The van der Waals surface area contributed by atoms with E-state index in [1.54, 1.807) is 6.07 Å². The molecule has 2 aromatic rings. The molecule has 2 heterocycles. The van der Waals surface area contributed by atoms with Crippen LogP contribution >= 0.6 is 0 Å². The van der Waals surface area contributed by atoms with Gasteiger partial charge in [-0.15, -0.1) is 0 Å². The number of anilines is 5. The van der Waals surface area contributed by atoms with Crippen LogP contribution in [0, 0.1) is 0 Å². The van der Waals surface area contributed by atoms with Crippen molar-refractivity contribution in [2.24, 2.45) is 5.84 Å². The third-order valence-electron chi connectivity index (χ3n) is 3.40. The van der Waals surface area contributed by atoms with Crippen molar-refractivity contribution in [2.75, 3.05) is 41.1 Å². The lowest BCUT2D eigenvalue weighted by atomic mass is 10.1. The Bertz CT molecular complexity index is 628. The molecule has 1 aromatic carbocycles. The largest absolute Gasteiger partial charge is 0.371 e. The molecule has 0 radical (unpaired) electrons. The predicted molar refractivity (Wildman–Crippen MR) is 81.0 cm³/mol. The molecule has 1 aliphatic heterocycles. The van der Waals surface area contributed by atoms with Gasteiger partial charge < -0.3 is 21.0 Å². The van der Waals surface area contributed by atoms with Gasteiger partial charge in [0.25, 0.3) is 0 Å². The first-order chi connectivity index (χ1) is 9.69. The molecule has 104 valence electrons. The van der Waals surface area contributed by atoms with Crippen LogP contribution in [0.1, 0.15) is 0 Å². The molecule has 7 heteroatoms. The number of nitrogens with zero attached hydrogens (tertiary/aromatic N) is 4. The van der Waals surface area contributed by atoms with Gasteiger partial charge in [-0.1, -0.05) is 12.1 Å². The Morgan fingerprint density at radius 3 is 2.65 bits per heavy atom. The van der Waals surface area contributed by atoms with E-state index in [2.05, 4.69) is 44.4 Å². The van der Waals surface area contributed by atoms with Crippen molar-refractivity contribution in [2.45, 2.75) is 0 Å². The maximum absolute atomic E-state index is 5.73.